The molecule has 5 heterocycles. The molecule has 5 aromatic heterocycles. The number of nitrogens with one attached hydrogen (secondary N) is 2. The molecular formula is C42H60BrFN10O4Si2. The number of hydrogen-bond acceptors (Lipinski definition) is 9. The van der Waals surface area contributed by atoms with Gasteiger partial charge in [0.05, 0.1) is 29.0 Å². The maximum atomic E-state index is 13.8. The smallest absolute Gasteiger partial charge is 0.255 e. The Balaban J connectivity index is 0.000000241. The Hall–Kier alpha value is -4.37. The molecule has 60 heavy (non-hydrogen) atoms. The van der Waals surface area contributed by atoms with Crippen molar-refractivity contribution < 1.29 is 23.5 Å². The second-order valence-electron chi connectivity index (χ2n) is 19.6. The summed E-state index contributed by atoms with van der Waals surface area (Å²) in [5, 5.41) is 11.3. The SMILES string of the molecule is CC(C)(C)NC(=O)c1cn(COCC[Si](C)(C)C)c2ncc(Br)nc12.Cn1nc(-c2cnc3c(n2)c(C(=O)NC(C)(C)C)cn3COCC[Si](C)(C)C)c2ccc(F)cc21. The van der Waals surface area contributed by atoms with Crippen LogP contribution in [-0.2, 0) is 30.0 Å². The third-order valence-corrected chi connectivity index (χ3v) is 12.9. The number of fused-ring (bicyclic) bond motifs is 3. The summed E-state index contributed by atoms with van der Waals surface area (Å²) >= 11 is 3.33. The second-order valence-corrected chi connectivity index (χ2v) is 31.6. The van der Waals surface area contributed by atoms with Crippen LogP contribution in [0.3, 0.4) is 0 Å². The fourth-order valence-corrected chi connectivity index (χ4v) is 7.84. The summed E-state index contributed by atoms with van der Waals surface area (Å²) in [7, 11) is -0.587. The zero-order valence-corrected chi connectivity index (χ0v) is 40.8. The second kappa shape index (κ2) is 18.3. The zero-order valence-electron chi connectivity index (χ0n) is 37.3. The van der Waals surface area contributed by atoms with Gasteiger partial charge in [0, 0.05) is 65.3 Å². The van der Waals surface area contributed by atoms with Crippen LogP contribution in [0.4, 0.5) is 4.39 Å². The van der Waals surface area contributed by atoms with Crippen molar-refractivity contribution in [2.45, 2.75) is 117 Å². The molecule has 0 aliphatic carbocycles. The van der Waals surface area contributed by atoms with Gasteiger partial charge >= 0.3 is 0 Å². The van der Waals surface area contributed by atoms with E-state index in [2.05, 4.69) is 85.9 Å². The van der Waals surface area contributed by atoms with Gasteiger partial charge in [-0.3, -0.25) is 14.3 Å². The summed E-state index contributed by atoms with van der Waals surface area (Å²) in [5.41, 5.74) is 4.20. The molecule has 0 aliphatic rings. The lowest BCUT2D eigenvalue weighted by Gasteiger charge is -2.20. The molecule has 6 aromatic rings. The average molecular weight is 924 g/mol. The largest absolute Gasteiger partial charge is 0.361 e. The first-order valence-electron chi connectivity index (χ1n) is 20.1. The van der Waals surface area contributed by atoms with Crippen LogP contribution in [0, 0.1) is 5.82 Å². The normalized spacial score (nSPS) is 12.6. The van der Waals surface area contributed by atoms with E-state index >= 15 is 0 Å². The maximum absolute atomic E-state index is 13.8. The van der Waals surface area contributed by atoms with E-state index in [1.165, 1.54) is 12.1 Å². The first-order valence-corrected chi connectivity index (χ1v) is 28.3. The van der Waals surface area contributed by atoms with Crippen LogP contribution >= 0.6 is 15.9 Å². The van der Waals surface area contributed by atoms with Gasteiger partial charge in [-0.25, -0.2) is 24.3 Å². The number of ether oxygens (including phenoxy) is 2. The first-order chi connectivity index (χ1) is 27.8. The highest BCUT2D eigenvalue weighted by Gasteiger charge is 2.25. The van der Waals surface area contributed by atoms with Gasteiger partial charge in [0.25, 0.3) is 11.8 Å². The quantitative estimate of drug-likeness (QED) is 0.0853. The predicted molar refractivity (Wildman–Crippen MR) is 245 cm³/mol. The molecule has 18 heteroatoms. The van der Waals surface area contributed by atoms with E-state index < -0.39 is 21.7 Å². The van der Waals surface area contributed by atoms with Crippen molar-refractivity contribution in [1.82, 2.24) is 49.5 Å². The standard InChI is InChI=1S/C25H33FN6O2Si.C17H27BrN4O2Si/c1-25(2,3)29-24(33)18-14-32(15-34-10-11-35(5,6)7)23-22(18)28-19(13-27-23)21-17-9-8-16(26)12-20(17)31(4)30-21;1-17(2,3)21-16(23)12-10-22(11-24-7-8-25(4,5)6)15-14(12)20-13(18)9-19-15/h8-9,12-14H,10-11,15H2,1-7H3,(H,29,33);9-10H,7-8,11H2,1-6H3,(H,21,23). The summed E-state index contributed by atoms with van der Waals surface area (Å²) < 4.78 is 31.4. The van der Waals surface area contributed by atoms with Gasteiger partial charge in [0.2, 0.25) is 0 Å². The van der Waals surface area contributed by atoms with Crippen molar-refractivity contribution in [3.05, 3.63) is 64.5 Å². The van der Waals surface area contributed by atoms with E-state index in [4.69, 9.17) is 14.5 Å². The number of halogens is 2. The van der Waals surface area contributed by atoms with Gasteiger partial charge in [0.15, 0.2) is 11.3 Å². The highest BCUT2D eigenvalue weighted by atomic mass is 79.9. The fourth-order valence-electron chi connectivity index (χ4n) is 6.04. The van der Waals surface area contributed by atoms with Gasteiger partial charge in [-0.1, -0.05) is 39.3 Å². The summed E-state index contributed by atoms with van der Waals surface area (Å²) in [6.07, 6.45) is 6.78. The Morgan fingerprint density at radius 3 is 1.73 bits per heavy atom. The topological polar surface area (TPSA) is 156 Å². The molecule has 0 atom stereocenters. The van der Waals surface area contributed by atoms with Gasteiger partial charge in [-0.2, -0.15) is 5.10 Å². The fraction of sp³-hybridized carbons (Fsp3) is 0.500. The molecule has 6 rings (SSSR count). The molecule has 0 unspecified atom stereocenters. The molecule has 0 radical (unpaired) electrons. The zero-order chi connectivity index (χ0) is 44.4. The maximum Gasteiger partial charge on any atom is 0.255 e. The number of amides is 2. The molecule has 0 fully saturated rings. The number of carbonyl (C=O) groups excluding carboxylic acids is 2. The molecule has 0 saturated carbocycles. The number of rotatable bonds is 13. The number of carbonyl (C=O) groups is 2. The summed E-state index contributed by atoms with van der Waals surface area (Å²) in [6, 6.07) is 6.67. The Bertz CT molecular complexity index is 2490. The van der Waals surface area contributed by atoms with Crippen LogP contribution in [0.15, 0.2) is 47.6 Å². The van der Waals surface area contributed by atoms with E-state index in [0.717, 1.165) is 17.5 Å². The lowest BCUT2D eigenvalue weighted by molar-refractivity contribution is 0.0879. The molecular weight excluding hydrogens is 864 g/mol. The van der Waals surface area contributed by atoms with E-state index in [0.29, 0.717) is 74.9 Å². The van der Waals surface area contributed by atoms with Crippen molar-refractivity contribution >= 4 is 77.1 Å². The Morgan fingerprint density at radius 1 is 0.767 bits per heavy atom. The molecule has 0 bridgehead atoms. The lowest BCUT2D eigenvalue weighted by Crippen LogP contribution is -2.40. The number of aryl methyl sites for hydroxylation is 1. The molecule has 0 saturated heterocycles. The molecule has 0 spiro atoms. The first kappa shape index (κ1) is 46.7. The monoisotopic (exact) mass is 922 g/mol. The van der Waals surface area contributed by atoms with Gasteiger partial charge < -0.3 is 29.2 Å². The van der Waals surface area contributed by atoms with Crippen LogP contribution in [0.1, 0.15) is 62.3 Å². The van der Waals surface area contributed by atoms with E-state index in [-0.39, 0.29) is 29.9 Å². The van der Waals surface area contributed by atoms with Gasteiger partial charge in [-0.15, -0.1) is 0 Å². The molecule has 324 valence electrons. The molecule has 0 aliphatic heterocycles. The minimum Gasteiger partial charge on any atom is -0.361 e. The number of benzene rings is 1. The summed E-state index contributed by atoms with van der Waals surface area (Å²) in [6.45, 7) is 27.5. The Morgan fingerprint density at radius 2 is 1.25 bits per heavy atom. The molecule has 14 nitrogen and oxygen atoms in total. The Labute approximate surface area is 362 Å². The van der Waals surface area contributed by atoms with Crippen molar-refractivity contribution in [2.24, 2.45) is 7.05 Å². The van der Waals surface area contributed by atoms with Crippen LogP contribution in [0.2, 0.25) is 51.4 Å². The predicted octanol–water partition coefficient (Wildman–Crippen LogP) is 9.00. The number of nitrogens with zero attached hydrogens (tertiary/aromatic N) is 8. The van der Waals surface area contributed by atoms with Crippen molar-refractivity contribution in [2.75, 3.05) is 13.2 Å². The van der Waals surface area contributed by atoms with Crippen molar-refractivity contribution in [3.63, 3.8) is 0 Å². The third kappa shape index (κ3) is 12.6. The van der Waals surface area contributed by atoms with E-state index in [1.54, 1.807) is 42.6 Å². The van der Waals surface area contributed by atoms with E-state index in [9.17, 15) is 14.0 Å². The third-order valence-electron chi connectivity index (χ3n) is 9.08. The summed E-state index contributed by atoms with van der Waals surface area (Å²) in [5.74, 6) is -0.727. The number of aromatic nitrogens is 8. The highest BCUT2D eigenvalue weighted by Crippen LogP contribution is 2.29. The van der Waals surface area contributed by atoms with Crippen LogP contribution in [0.5, 0.6) is 0 Å². The molecule has 1 aromatic carbocycles. The minimum atomic E-state index is -1.22. The lowest BCUT2D eigenvalue weighted by atomic mass is 10.1. The van der Waals surface area contributed by atoms with Crippen LogP contribution < -0.4 is 10.6 Å². The van der Waals surface area contributed by atoms with Crippen LogP contribution in [-0.4, -0.2) is 91.1 Å². The van der Waals surface area contributed by atoms with Gasteiger partial charge in [0.1, 0.15) is 46.3 Å². The van der Waals surface area contributed by atoms with Crippen LogP contribution in [0.25, 0.3) is 44.6 Å². The molecule has 2 amide bonds. The van der Waals surface area contributed by atoms with Crippen molar-refractivity contribution in [3.8, 4) is 11.4 Å². The van der Waals surface area contributed by atoms with E-state index in [1.807, 2.05) is 50.7 Å². The highest BCUT2D eigenvalue weighted by molar-refractivity contribution is 9.10. The average Bonchev–Trinajstić information content (AvgIpc) is 3.77. The molecule has 2 N–H and O–H groups in total. The minimum absolute atomic E-state index is 0.161. The van der Waals surface area contributed by atoms with Gasteiger partial charge in [-0.05, 0) is 87.8 Å². The number of hydrogen-bond donors (Lipinski definition) is 2. The summed E-state index contributed by atoms with van der Waals surface area (Å²) in [4.78, 5) is 44.1. The Kier molecular flexibility index (Phi) is 14.3. The van der Waals surface area contributed by atoms with Crippen molar-refractivity contribution in [1.29, 1.82) is 0 Å².